The summed E-state index contributed by atoms with van der Waals surface area (Å²) < 4.78 is 1.78. The number of aromatic nitrogens is 1. The third kappa shape index (κ3) is 3.09. The molecule has 4 heteroatoms. The van der Waals surface area contributed by atoms with E-state index in [1.54, 1.807) is 34.7 Å². The molecule has 0 fully saturated rings. The van der Waals surface area contributed by atoms with Gasteiger partial charge in [0.25, 0.3) is 0 Å². The molecule has 3 aromatic carbocycles. The second kappa shape index (κ2) is 7.26. The molecule has 0 amide bonds. The van der Waals surface area contributed by atoms with Crippen LogP contribution >= 0.6 is 0 Å². The van der Waals surface area contributed by atoms with Gasteiger partial charge in [0.05, 0.1) is 16.8 Å². The van der Waals surface area contributed by atoms with Crippen LogP contribution in [-0.4, -0.2) is 21.1 Å². The molecule has 0 aliphatic rings. The molecule has 1 N–H and O–H groups in total. The Morgan fingerprint density at radius 3 is 2.32 bits per heavy atom. The molecule has 2 aromatic heterocycles. The molecule has 2 heterocycles. The molecule has 0 spiro atoms. The molecule has 0 unspecified atom stereocenters. The molecule has 0 atom stereocenters. The summed E-state index contributed by atoms with van der Waals surface area (Å²) in [6.07, 6.45) is 1.82. The van der Waals surface area contributed by atoms with E-state index in [0.29, 0.717) is 22.3 Å². The Hall–Kier alpha value is -4.18. The molecule has 5 aromatic rings. The molecule has 0 bridgehead atoms. The first-order chi connectivity index (χ1) is 15.0. The summed E-state index contributed by atoms with van der Waals surface area (Å²) in [5.74, 6) is -0.563. The summed E-state index contributed by atoms with van der Waals surface area (Å²) in [4.78, 5) is 26.9. The topological polar surface area (TPSA) is 58.8 Å². The van der Waals surface area contributed by atoms with Crippen molar-refractivity contribution in [2.75, 3.05) is 0 Å². The Bertz CT molecular complexity index is 1480. The van der Waals surface area contributed by atoms with Crippen molar-refractivity contribution < 1.29 is 14.7 Å². The first-order valence-corrected chi connectivity index (χ1v) is 10.0. The smallest absolute Gasteiger partial charge is 0.209 e. The Morgan fingerprint density at radius 1 is 0.774 bits per heavy atom. The number of hydrogen-bond donors (Lipinski definition) is 1. The second-order valence-electron chi connectivity index (χ2n) is 7.61. The number of benzene rings is 3. The zero-order valence-electron chi connectivity index (χ0n) is 16.9. The number of aryl methyl sites for hydroxylation is 1. The number of aromatic hydroxyl groups is 1. The standard InChI is InChI=1S/C27H19NO3/c1-17-11-12-24(29)21(15-17)27(31)22-16-23(26(30)19-8-3-2-4-9-19)28-14-13-18-7-5-6-10-20(18)25(22)28/h2-16,29H,1H3. The van der Waals surface area contributed by atoms with Gasteiger partial charge in [0.1, 0.15) is 5.75 Å². The van der Waals surface area contributed by atoms with E-state index in [9.17, 15) is 14.7 Å². The quantitative estimate of drug-likeness (QED) is 0.398. The van der Waals surface area contributed by atoms with Crippen molar-refractivity contribution in [3.05, 3.63) is 119 Å². The van der Waals surface area contributed by atoms with Gasteiger partial charge in [-0.15, -0.1) is 0 Å². The summed E-state index contributed by atoms with van der Waals surface area (Å²) >= 11 is 0. The second-order valence-corrected chi connectivity index (χ2v) is 7.61. The molecule has 4 nitrogen and oxygen atoms in total. The average molecular weight is 405 g/mol. The van der Waals surface area contributed by atoms with Crippen molar-refractivity contribution in [3.63, 3.8) is 0 Å². The number of pyridine rings is 1. The molecule has 150 valence electrons. The number of nitrogens with zero attached hydrogens (tertiary/aromatic N) is 1. The Morgan fingerprint density at radius 2 is 1.52 bits per heavy atom. The van der Waals surface area contributed by atoms with Gasteiger partial charge in [0, 0.05) is 22.7 Å². The van der Waals surface area contributed by atoms with Gasteiger partial charge in [0.15, 0.2) is 5.78 Å². The van der Waals surface area contributed by atoms with Crippen LogP contribution < -0.4 is 0 Å². The highest BCUT2D eigenvalue weighted by Gasteiger charge is 2.24. The van der Waals surface area contributed by atoms with E-state index in [1.165, 1.54) is 6.07 Å². The van der Waals surface area contributed by atoms with Crippen LogP contribution in [0.5, 0.6) is 5.75 Å². The van der Waals surface area contributed by atoms with Crippen LogP contribution in [0.3, 0.4) is 0 Å². The fourth-order valence-electron chi connectivity index (χ4n) is 4.03. The number of carbonyl (C=O) groups excluding carboxylic acids is 2. The molecule has 31 heavy (non-hydrogen) atoms. The van der Waals surface area contributed by atoms with Gasteiger partial charge in [-0.1, -0.05) is 66.2 Å². The number of carbonyl (C=O) groups is 2. The summed E-state index contributed by atoms with van der Waals surface area (Å²) in [5.41, 5.74) is 3.09. The van der Waals surface area contributed by atoms with Crippen LogP contribution in [-0.2, 0) is 0 Å². The number of fused-ring (bicyclic) bond motifs is 3. The molecular formula is C27H19NO3. The SMILES string of the molecule is Cc1ccc(O)c(C(=O)c2cc(C(=O)c3ccccc3)n3ccc4ccccc4c23)c1. The monoisotopic (exact) mass is 405 g/mol. The van der Waals surface area contributed by atoms with Gasteiger partial charge in [-0.2, -0.15) is 0 Å². The highest BCUT2D eigenvalue weighted by molar-refractivity contribution is 6.21. The van der Waals surface area contributed by atoms with E-state index in [-0.39, 0.29) is 22.9 Å². The predicted molar refractivity (Wildman–Crippen MR) is 121 cm³/mol. The van der Waals surface area contributed by atoms with Crippen LogP contribution in [0.4, 0.5) is 0 Å². The van der Waals surface area contributed by atoms with Crippen LogP contribution in [0, 0.1) is 6.92 Å². The summed E-state index contributed by atoms with van der Waals surface area (Å²) in [6.45, 7) is 1.87. The Kier molecular flexibility index (Phi) is 4.41. The zero-order chi connectivity index (χ0) is 21.5. The van der Waals surface area contributed by atoms with Crippen molar-refractivity contribution in [1.29, 1.82) is 0 Å². The number of hydrogen-bond acceptors (Lipinski definition) is 3. The van der Waals surface area contributed by atoms with Crippen molar-refractivity contribution in [2.24, 2.45) is 0 Å². The van der Waals surface area contributed by atoms with E-state index in [0.717, 1.165) is 16.3 Å². The van der Waals surface area contributed by atoms with E-state index >= 15 is 0 Å². The van der Waals surface area contributed by atoms with Crippen molar-refractivity contribution in [1.82, 2.24) is 4.40 Å². The van der Waals surface area contributed by atoms with Crippen molar-refractivity contribution >= 4 is 27.9 Å². The number of rotatable bonds is 4. The first-order valence-electron chi connectivity index (χ1n) is 10.0. The predicted octanol–water partition coefficient (Wildman–Crippen LogP) is 5.57. The maximum atomic E-state index is 13.6. The minimum absolute atomic E-state index is 0.0777. The minimum Gasteiger partial charge on any atom is -0.507 e. The third-order valence-corrected chi connectivity index (χ3v) is 5.57. The van der Waals surface area contributed by atoms with Crippen molar-refractivity contribution in [2.45, 2.75) is 6.92 Å². The molecule has 5 rings (SSSR count). The van der Waals surface area contributed by atoms with Crippen molar-refractivity contribution in [3.8, 4) is 5.75 Å². The Labute approximate surface area is 179 Å². The molecule has 0 aliphatic heterocycles. The fourth-order valence-corrected chi connectivity index (χ4v) is 4.03. The number of phenolic OH excluding ortho intramolecular Hbond substituents is 1. The molecule has 0 aliphatic carbocycles. The summed E-state index contributed by atoms with van der Waals surface area (Å²) in [6, 6.07) is 25.3. The number of ketones is 2. The van der Waals surface area contributed by atoms with Gasteiger partial charge in [-0.25, -0.2) is 0 Å². The molecule has 0 radical (unpaired) electrons. The number of phenols is 1. The largest absolute Gasteiger partial charge is 0.507 e. The van der Waals surface area contributed by atoms with Gasteiger partial charge in [-0.05, 0) is 36.6 Å². The van der Waals surface area contributed by atoms with E-state index < -0.39 is 0 Å². The Balaban J connectivity index is 1.81. The van der Waals surface area contributed by atoms with Gasteiger partial charge in [0.2, 0.25) is 5.78 Å². The highest BCUT2D eigenvalue weighted by Crippen LogP contribution is 2.31. The summed E-state index contributed by atoms with van der Waals surface area (Å²) in [5, 5.41) is 12.2. The first kappa shape index (κ1) is 18.8. The maximum absolute atomic E-state index is 13.6. The lowest BCUT2D eigenvalue weighted by Gasteiger charge is -2.08. The lowest BCUT2D eigenvalue weighted by molar-refractivity contribution is 0.103. The molecular weight excluding hydrogens is 386 g/mol. The van der Waals surface area contributed by atoms with E-state index in [4.69, 9.17) is 0 Å². The van der Waals surface area contributed by atoms with Crippen LogP contribution in [0.25, 0.3) is 16.3 Å². The molecule has 0 saturated heterocycles. The van der Waals surface area contributed by atoms with Crippen LogP contribution in [0.15, 0.2) is 91.1 Å². The van der Waals surface area contributed by atoms with Gasteiger partial charge in [-0.3, -0.25) is 9.59 Å². The van der Waals surface area contributed by atoms with Gasteiger partial charge < -0.3 is 9.51 Å². The van der Waals surface area contributed by atoms with E-state index in [1.807, 2.05) is 61.7 Å². The lowest BCUT2D eigenvalue weighted by atomic mass is 9.99. The third-order valence-electron chi connectivity index (χ3n) is 5.57. The van der Waals surface area contributed by atoms with Crippen LogP contribution in [0.1, 0.15) is 37.5 Å². The highest BCUT2D eigenvalue weighted by atomic mass is 16.3. The summed E-state index contributed by atoms with van der Waals surface area (Å²) in [7, 11) is 0. The minimum atomic E-state index is -0.317. The van der Waals surface area contributed by atoms with E-state index in [2.05, 4.69) is 0 Å². The average Bonchev–Trinajstić information content (AvgIpc) is 3.20. The molecule has 0 saturated carbocycles. The van der Waals surface area contributed by atoms with Crippen LogP contribution in [0.2, 0.25) is 0 Å². The zero-order valence-corrected chi connectivity index (χ0v) is 16.9. The van der Waals surface area contributed by atoms with Gasteiger partial charge >= 0.3 is 0 Å². The fraction of sp³-hybridized carbons (Fsp3) is 0.0370. The maximum Gasteiger partial charge on any atom is 0.209 e. The normalized spacial score (nSPS) is 11.1. The lowest BCUT2D eigenvalue weighted by Crippen LogP contribution is -2.04.